The second-order valence-corrected chi connectivity index (χ2v) is 4.31. The third-order valence-corrected chi connectivity index (χ3v) is 3.27. The molecule has 1 unspecified atom stereocenters. The number of carbonyl (C=O) groups excluding carboxylic acids is 1. The molecule has 2 fully saturated rings. The Kier molecular flexibility index (Phi) is 2.65. The first-order valence-electron chi connectivity index (χ1n) is 5.27. The van der Waals surface area contributed by atoms with Gasteiger partial charge in [-0.25, -0.2) is 4.79 Å². The molecule has 0 bridgehead atoms. The summed E-state index contributed by atoms with van der Waals surface area (Å²) < 4.78 is 5.06. The second kappa shape index (κ2) is 3.81. The van der Waals surface area contributed by atoms with Crippen LogP contribution in [-0.2, 0) is 14.3 Å². The topological polar surface area (TPSA) is 75.6 Å². The standard InChI is InChI=1S/C10H15NO4/c12-8(7-2-1-3-7)11-10(9(13)14)4-5-15-6-10/h7H,1-6H2,(H,11,12)(H,13,14). The van der Waals surface area contributed by atoms with Crippen LogP contribution in [0.5, 0.6) is 0 Å². The molecular formula is C10H15NO4. The molecule has 0 radical (unpaired) electrons. The number of nitrogens with one attached hydrogen (secondary N) is 1. The molecule has 0 aromatic carbocycles. The lowest BCUT2D eigenvalue weighted by Gasteiger charge is -2.30. The molecule has 2 aliphatic rings. The van der Waals surface area contributed by atoms with Crippen molar-refractivity contribution in [1.29, 1.82) is 0 Å². The van der Waals surface area contributed by atoms with Crippen LogP contribution in [0.4, 0.5) is 0 Å². The van der Waals surface area contributed by atoms with E-state index in [9.17, 15) is 9.59 Å². The fourth-order valence-corrected chi connectivity index (χ4v) is 1.89. The van der Waals surface area contributed by atoms with Crippen molar-refractivity contribution in [1.82, 2.24) is 5.32 Å². The lowest BCUT2D eigenvalue weighted by molar-refractivity contribution is -0.148. The zero-order chi connectivity index (χ0) is 10.9. The summed E-state index contributed by atoms with van der Waals surface area (Å²) in [5, 5.41) is 11.7. The minimum Gasteiger partial charge on any atom is -0.479 e. The summed E-state index contributed by atoms with van der Waals surface area (Å²) in [5.41, 5.74) is -1.17. The van der Waals surface area contributed by atoms with Crippen LogP contribution in [0.3, 0.4) is 0 Å². The Morgan fingerprint density at radius 3 is 2.53 bits per heavy atom. The first kappa shape index (κ1) is 10.4. The fourth-order valence-electron chi connectivity index (χ4n) is 1.89. The summed E-state index contributed by atoms with van der Waals surface area (Å²) in [6.45, 7) is 0.484. The van der Waals surface area contributed by atoms with Gasteiger partial charge in [-0.05, 0) is 12.8 Å². The van der Waals surface area contributed by atoms with E-state index < -0.39 is 11.5 Å². The largest absolute Gasteiger partial charge is 0.479 e. The van der Waals surface area contributed by atoms with Gasteiger partial charge in [-0.3, -0.25) is 4.79 Å². The molecule has 0 spiro atoms. The zero-order valence-corrected chi connectivity index (χ0v) is 8.49. The highest BCUT2D eigenvalue weighted by Crippen LogP contribution is 2.28. The van der Waals surface area contributed by atoms with Gasteiger partial charge in [0.1, 0.15) is 0 Å². The van der Waals surface area contributed by atoms with E-state index in [1.807, 2.05) is 0 Å². The summed E-state index contributed by atoms with van der Waals surface area (Å²) in [7, 11) is 0. The Morgan fingerprint density at radius 1 is 1.40 bits per heavy atom. The molecule has 0 aromatic heterocycles. The number of ether oxygens (including phenoxy) is 1. The highest BCUT2D eigenvalue weighted by atomic mass is 16.5. The molecular weight excluding hydrogens is 198 g/mol. The van der Waals surface area contributed by atoms with Crippen LogP contribution in [0.1, 0.15) is 25.7 Å². The van der Waals surface area contributed by atoms with E-state index >= 15 is 0 Å². The number of hydrogen-bond acceptors (Lipinski definition) is 3. The maximum absolute atomic E-state index is 11.7. The Hall–Kier alpha value is -1.10. The molecule has 1 aliphatic heterocycles. The van der Waals surface area contributed by atoms with Crippen molar-refractivity contribution in [2.45, 2.75) is 31.2 Å². The molecule has 15 heavy (non-hydrogen) atoms. The average molecular weight is 213 g/mol. The van der Waals surface area contributed by atoms with Crippen molar-refractivity contribution in [3.05, 3.63) is 0 Å². The lowest BCUT2D eigenvalue weighted by atomic mass is 9.84. The lowest BCUT2D eigenvalue weighted by Crippen LogP contribution is -2.57. The van der Waals surface area contributed by atoms with Crippen LogP contribution in [0.15, 0.2) is 0 Å². The minimum absolute atomic E-state index is 0.0156. The van der Waals surface area contributed by atoms with Gasteiger partial charge >= 0.3 is 5.97 Å². The first-order chi connectivity index (χ1) is 7.14. The van der Waals surface area contributed by atoms with Crippen LogP contribution < -0.4 is 5.32 Å². The highest BCUT2D eigenvalue weighted by molar-refractivity contribution is 5.88. The predicted octanol–water partition coefficient (Wildman–Crippen LogP) is 0.146. The quantitative estimate of drug-likeness (QED) is 0.699. The first-order valence-corrected chi connectivity index (χ1v) is 5.27. The van der Waals surface area contributed by atoms with E-state index in [4.69, 9.17) is 9.84 Å². The number of aliphatic carboxylic acids is 1. The van der Waals surface area contributed by atoms with Crippen molar-refractivity contribution in [2.75, 3.05) is 13.2 Å². The van der Waals surface area contributed by atoms with E-state index in [2.05, 4.69) is 5.32 Å². The average Bonchev–Trinajstić information content (AvgIpc) is 2.50. The molecule has 2 N–H and O–H groups in total. The van der Waals surface area contributed by atoms with Crippen LogP contribution >= 0.6 is 0 Å². The molecule has 1 saturated heterocycles. The van der Waals surface area contributed by atoms with Crippen molar-refractivity contribution < 1.29 is 19.4 Å². The fraction of sp³-hybridized carbons (Fsp3) is 0.800. The molecule has 1 heterocycles. The number of carboxylic acid groups (broad SMARTS) is 1. The van der Waals surface area contributed by atoms with Gasteiger partial charge in [-0.1, -0.05) is 6.42 Å². The SMILES string of the molecule is O=C(NC1(C(=O)O)CCOC1)C1CCC1. The number of carboxylic acids is 1. The van der Waals surface area contributed by atoms with Crippen LogP contribution in [0.2, 0.25) is 0 Å². The van der Waals surface area contributed by atoms with Crippen LogP contribution in [0, 0.1) is 5.92 Å². The predicted molar refractivity (Wildman–Crippen MR) is 51.3 cm³/mol. The summed E-state index contributed by atoms with van der Waals surface area (Å²) in [4.78, 5) is 22.8. The second-order valence-electron chi connectivity index (χ2n) is 4.31. The van der Waals surface area contributed by atoms with Gasteiger partial charge in [0.15, 0.2) is 5.54 Å². The van der Waals surface area contributed by atoms with Gasteiger partial charge in [-0.2, -0.15) is 0 Å². The van der Waals surface area contributed by atoms with E-state index in [1.165, 1.54) is 0 Å². The number of rotatable bonds is 3. The van der Waals surface area contributed by atoms with Crippen molar-refractivity contribution in [3.63, 3.8) is 0 Å². The Labute approximate surface area is 87.8 Å². The number of carbonyl (C=O) groups is 2. The Balaban J connectivity index is 2.00. The summed E-state index contributed by atoms with van der Waals surface area (Å²) in [6.07, 6.45) is 3.18. The molecule has 0 aromatic rings. The Bertz CT molecular complexity index is 279. The zero-order valence-electron chi connectivity index (χ0n) is 8.49. The van der Waals surface area contributed by atoms with E-state index in [-0.39, 0.29) is 18.4 Å². The normalized spacial score (nSPS) is 30.9. The van der Waals surface area contributed by atoms with Crippen LogP contribution in [-0.4, -0.2) is 35.7 Å². The molecule has 5 heteroatoms. The minimum atomic E-state index is -1.17. The smallest absolute Gasteiger partial charge is 0.331 e. The third kappa shape index (κ3) is 1.84. The molecule has 1 amide bonds. The monoisotopic (exact) mass is 213 g/mol. The van der Waals surface area contributed by atoms with Crippen LogP contribution in [0.25, 0.3) is 0 Å². The molecule has 1 saturated carbocycles. The number of amides is 1. The van der Waals surface area contributed by atoms with Crippen molar-refractivity contribution in [2.24, 2.45) is 5.92 Å². The van der Waals surface area contributed by atoms with Gasteiger partial charge < -0.3 is 15.2 Å². The molecule has 5 nitrogen and oxygen atoms in total. The van der Waals surface area contributed by atoms with E-state index in [0.717, 1.165) is 19.3 Å². The molecule has 1 atom stereocenters. The molecule has 84 valence electrons. The molecule has 2 rings (SSSR count). The van der Waals surface area contributed by atoms with Crippen molar-refractivity contribution in [3.8, 4) is 0 Å². The summed E-state index contributed by atoms with van der Waals surface area (Å²) >= 11 is 0. The van der Waals surface area contributed by atoms with E-state index in [0.29, 0.717) is 13.0 Å². The van der Waals surface area contributed by atoms with Gasteiger partial charge in [-0.15, -0.1) is 0 Å². The van der Waals surface area contributed by atoms with Gasteiger partial charge in [0.2, 0.25) is 5.91 Å². The van der Waals surface area contributed by atoms with E-state index in [1.54, 1.807) is 0 Å². The maximum atomic E-state index is 11.7. The van der Waals surface area contributed by atoms with Crippen molar-refractivity contribution >= 4 is 11.9 Å². The highest BCUT2D eigenvalue weighted by Gasteiger charge is 2.45. The number of hydrogen-bond donors (Lipinski definition) is 2. The van der Waals surface area contributed by atoms with Gasteiger partial charge in [0, 0.05) is 18.9 Å². The third-order valence-electron chi connectivity index (χ3n) is 3.27. The summed E-state index contributed by atoms with van der Waals surface area (Å²) in [6, 6.07) is 0. The summed E-state index contributed by atoms with van der Waals surface area (Å²) in [5.74, 6) is -1.11. The van der Waals surface area contributed by atoms with Gasteiger partial charge in [0.25, 0.3) is 0 Å². The Morgan fingerprint density at radius 2 is 2.13 bits per heavy atom. The van der Waals surface area contributed by atoms with Gasteiger partial charge in [0.05, 0.1) is 6.61 Å². The molecule has 1 aliphatic carbocycles. The maximum Gasteiger partial charge on any atom is 0.331 e.